The van der Waals surface area contributed by atoms with Gasteiger partial charge in [-0.25, -0.2) is 0 Å². The number of hydrogen-bond donors (Lipinski definition) is 3. The Hall–Kier alpha value is -1.25. The molecular formula is C20H36Cl3N5O2. The molecule has 1 aromatic carbocycles. The maximum Gasteiger partial charge on any atom is 0.239 e. The van der Waals surface area contributed by atoms with Crippen molar-refractivity contribution in [2.45, 2.75) is 32.9 Å². The van der Waals surface area contributed by atoms with E-state index in [1.54, 1.807) is 0 Å². The van der Waals surface area contributed by atoms with Gasteiger partial charge in [0.2, 0.25) is 11.8 Å². The molecule has 0 radical (unpaired) electrons. The molecule has 0 spiro atoms. The molecule has 0 aliphatic carbocycles. The minimum atomic E-state index is -0.587. The first-order valence-corrected chi connectivity index (χ1v) is 9.72. The fourth-order valence-electron chi connectivity index (χ4n) is 3.17. The lowest BCUT2D eigenvalue weighted by atomic mass is 10.1. The number of nitrogens with one attached hydrogen (secondary N) is 2. The first kappa shape index (κ1) is 30.9. The summed E-state index contributed by atoms with van der Waals surface area (Å²) in [6.07, 6.45) is 0. The molecular weight excluding hydrogens is 449 g/mol. The van der Waals surface area contributed by atoms with Crippen LogP contribution in [0.25, 0.3) is 0 Å². The molecule has 2 amide bonds. The zero-order valence-electron chi connectivity index (χ0n) is 17.9. The van der Waals surface area contributed by atoms with Crippen molar-refractivity contribution in [3.05, 3.63) is 30.3 Å². The Morgan fingerprint density at radius 3 is 2.10 bits per heavy atom. The van der Waals surface area contributed by atoms with Crippen LogP contribution in [0.2, 0.25) is 0 Å². The number of carbonyl (C=O) groups is 2. The number of benzene rings is 1. The maximum absolute atomic E-state index is 12.0. The summed E-state index contributed by atoms with van der Waals surface area (Å²) in [5.41, 5.74) is 7.03. The van der Waals surface area contributed by atoms with Crippen molar-refractivity contribution in [1.82, 2.24) is 15.5 Å². The number of halogens is 3. The van der Waals surface area contributed by atoms with E-state index in [0.717, 1.165) is 32.7 Å². The second-order valence-corrected chi connectivity index (χ2v) is 7.58. The number of nitrogens with zero attached hydrogens (tertiary/aromatic N) is 2. The quantitative estimate of drug-likeness (QED) is 0.522. The Bertz CT molecular complexity index is 614. The summed E-state index contributed by atoms with van der Waals surface area (Å²) in [5, 5.41) is 5.54. The Kier molecular flexibility index (Phi) is 16.0. The van der Waals surface area contributed by atoms with Crippen molar-refractivity contribution in [2.75, 3.05) is 44.2 Å². The molecule has 1 aromatic rings. The SMILES string of the molecule is CC(CN1CCN(c2ccccc2)CC1)NC(=O)CNC(=O)[C@@H](N)C(C)C.Cl.Cl.Cl. The van der Waals surface area contributed by atoms with Gasteiger partial charge in [0, 0.05) is 44.5 Å². The highest BCUT2D eigenvalue weighted by molar-refractivity contribution is 5.87. The fourth-order valence-corrected chi connectivity index (χ4v) is 3.17. The lowest BCUT2D eigenvalue weighted by Gasteiger charge is -2.37. The van der Waals surface area contributed by atoms with Gasteiger partial charge in [-0.3, -0.25) is 14.5 Å². The molecule has 0 bridgehead atoms. The number of piperazine rings is 1. The Morgan fingerprint density at radius 1 is 1.00 bits per heavy atom. The van der Waals surface area contributed by atoms with Gasteiger partial charge in [-0.2, -0.15) is 0 Å². The first-order valence-electron chi connectivity index (χ1n) is 9.72. The van der Waals surface area contributed by atoms with Crippen molar-refractivity contribution < 1.29 is 9.59 Å². The summed E-state index contributed by atoms with van der Waals surface area (Å²) >= 11 is 0. The second kappa shape index (κ2) is 15.5. The van der Waals surface area contributed by atoms with E-state index < -0.39 is 6.04 Å². The molecule has 1 aliphatic heterocycles. The molecule has 1 saturated heterocycles. The molecule has 0 aromatic heterocycles. The van der Waals surface area contributed by atoms with Crippen LogP contribution in [0.3, 0.4) is 0 Å². The molecule has 1 aliphatic rings. The number of anilines is 1. The molecule has 30 heavy (non-hydrogen) atoms. The molecule has 1 unspecified atom stereocenters. The summed E-state index contributed by atoms with van der Waals surface area (Å²) in [7, 11) is 0. The van der Waals surface area contributed by atoms with Crippen molar-refractivity contribution >= 4 is 54.7 Å². The molecule has 10 heteroatoms. The summed E-state index contributed by atoms with van der Waals surface area (Å²) < 4.78 is 0. The van der Waals surface area contributed by atoms with Gasteiger partial charge < -0.3 is 21.3 Å². The Balaban J connectivity index is 0. The van der Waals surface area contributed by atoms with E-state index in [1.807, 2.05) is 26.8 Å². The van der Waals surface area contributed by atoms with Gasteiger partial charge in [-0.05, 0) is 25.0 Å². The topological polar surface area (TPSA) is 90.7 Å². The third-order valence-electron chi connectivity index (χ3n) is 4.88. The second-order valence-electron chi connectivity index (χ2n) is 7.58. The van der Waals surface area contributed by atoms with E-state index in [2.05, 4.69) is 44.7 Å². The number of nitrogens with two attached hydrogens (primary N) is 1. The van der Waals surface area contributed by atoms with Gasteiger partial charge in [0.25, 0.3) is 0 Å². The number of para-hydroxylation sites is 1. The summed E-state index contributed by atoms with van der Waals surface area (Å²) in [6, 6.07) is 9.87. The van der Waals surface area contributed by atoms with Gasteiger partial charge >= 0.3 is 0 Å². The first-order chi connectivity index (χ1) is 12.9. The summed E-state index contributed by atoms with van der Waals surface area (Å²) in [4.78, 5) is 28.6. The molecule has 2 rings (SSSR count). The standard InChI is InChI=1S/C20H33N5O2.3ClH/c1-15(2)19(21)20(27)22-13-18(26)23-16(3)14-24-9-11-25(12-10-24)17-7-5-4-6-8-17;;;/h4-8,15-16,19H,9-14,21H2,1-3H3,(H,22,27)(H,23,26);3*1H/t16?,19-;;;/m0.../s1. The highest BCUT2D eigenvalue weighted by atomic mass is 35.5. The van der Waals surface area contributed by atoms with Crippen molar-refractivity contribution in [2.24, 2.45) is 11.7 Å². The number of amides is 2. The molecule has 4 N–H and O–H groups in total. The molecule has 1 fully saturated rings. The smallest absolute Gasteiger partial charge is 0.239 e. The van der Waals surface area contributed by atoms with E-state index in [9.17, 15) is 9.59 Å². The Morgan fingerprint density at radius 2 is 1.57 bits per heavy atom. The van der Waals surface area contributed by atoms with Gasteiger partial charge in [0.15, 0.2) is 0 Å². The van der Waals surface area contributed by atoms with E-state index in [1.165, 1.54) is 5.69 Å². The maximum atomic E-state index is 12.0. The number of rotatable bonds is 8. The average Bonchev–Trinajstić information content (AvgIpc) is 2.66. The van der Waals surface area contributed by atoms with Crippen LogP contribution in [0.5, 0.6) is 0 Å². The number of hydrogen-bond acceptors (Lipinski definition) is 5. The van der Waals surface area contributed by atoms with Crippen molar-refractivity contribution in [3.8, 4) is 0 Å². The Labute approximate surface area is 198 Å². The lowest BCUT2D eigenvalue weighted by molar-refractivity contribution is -0.127. The highest BCUT2D eigenvalue weighted by Crippen LogP contribution is 2.15. The van der Waals surface area contributed by atoms with E-state index in [4.69, 9.17) is 5.73 Å². The normalized spacial score (nSPS) is 15.7. The zero-order valence-corrected chi connectivity index (χ0v) is 20.3. The third-order valence-corrected chi connectivity index (χ3v) is 4.88. The summed E-state index contributed by atoms with van der Waals surface area (Å²) in [6.45, 7) is 10.4. The van der Waals surface area contributed by atoms with Gasteiger partial charge in [0.05, 0.1) is 12.6 Å². The van der Waals surface area contributed by atoms with Crippen molar-refractivity contribution in [3.63, 3.8) is 0 Å². The van der Waals surface area contributed by atoms with Crippen molar-refractivity contribution in [1.29, 1.82) is 0 Å². The summed E-state index contributed by atoms with van der Waals surface area (Å²) in [5.74, 6) is -0.430. The van der Waals surface area contributed by atoms with Crippen LogP contribution in [0.15, 0.2) is 30.3 Å². The fraction of sp³-hybridized carbons (Fsp3) is 0.600. The highest BCUT2D eigenvalue weighted by Gasteiger charge is 2.20. The van der Waals surface area contributed by atoms with Gasteiger partial charge in [0.1, 0.15) is 0 Å². The predicted octanol–water partition coefficient (Wildman–Crippen LogP) is 1.68. The molecule has 0 saturated carbocycles. The van der Waals surface area contributed by atoms with Crippen LogP contribution < -0.4 is 21.3 Å². The van der Waals surface area contributed by atoms with Crippen LogP contribution >= 0.6 is 37.2 Å². The zero-order chi connectivity index (χ0) is 19.8. The molecule has 1 heterocycles. The minimum Gasteiger partial charge on any atom is -0.369 e. The van der Waals surface area contributed by atoms with Crippen LogP contribution in [-0.2, 0) is 9.59 Å². The predicted molar refractivity (Wildman–Crippen MR) is 130 cm³/mol. The van der Waals surface area contributed by atoms with Crippen LogP contribution in [0.1, 0.15) is 20.8 Å². The van der Waals surface area contributed by atoms with Crippen LogP contribution in [-0.4, -0.2) is 68.1 Å². The molecule has 2 atom stereocenters. The van der Waals surface area contributed by atoms with Crippen LogP contribution in [0, 0.1) is 5.92 Å². The third kappa shape index (κ3) is 10.2. The minimum absolute atomic E-state index is 0. The monoisotopic (exact) mass is 483 g/mol. The molecule has 174 valence electrons. The van der Waals surface area contributed by atoms with E-state index in [-0.39, 0.29) is 67.5 Å². The average molecular weight is 485 g/mol. The molecule has 7 nitrogen and oxygen atoms in total. The largest absolute Gasteiger partial charge is 0.369 e. The van der Waals surface area contributed by atoms with E-state index in [0.29, 0.717) is 0 Å². The van der Waals surface area contributed by atoms with Gasteiger partial charge in [-0.15, -0.1) is 37.2 Å². The lowest BCUT2D eigenvalue weighted by Crippen LogP contribution is -2.52. The van der Waals surface area contributed by atoms with Gasteiger partial charge in [-0.1, -0.05) is 32.0 Å². The van der Waals surface area contributed by atoms with Crippen LogP contribution in [0.4, 0.5) is 5.69 Å². The van der Waals surface area contributed by atoms with E-state index >= 15 is 0 Å². The number of carbonyl (C=O) groups excluding carboxylic acids is 2.